The summed E-state index contributed by atoms with van der Waals surface area (Å²) in [5, 5.41) is 19.6. The molecule has 3 aromatic rings. The zero-order valence-corrected chi connectivity index (χ0v) is 18.7. The molecule has 0 spiro atoms. The number of rotatable bonds is 9. The number of nitro groups is 1. The van der Waals surface area contributed by atoms with Gasteiger partial charge in [-0.1, -0.05) is 12.1 Å². The number of fused-ring (bicyclic) bond motifs is 1. The van der Waals surface area contributed by atoms with E-state index in [9.17, 15) is 19.7 Å². The van der Waals surface area contributed by atoms with Crippen molar-refractivity contribution in [2.24, 2.45) is 0 Å². The van der Waals surface area contributed by atoms with Gasteiger partial charge in [0.25, 0.3) is 11.6 Å². The van der Waals surface area contributed by atoms with E-state index in [2.05, 4.69) is 16.0 Å². The zero-order valence-electron chi connectivity index (χ0n) is 18.7. The molecule has 35 heavy (non-hydrogen) atoms. The van der Waals surface area contributed by atoms with Crippen LogP contribution in [0.4, 0.5) is 17.1 Å². The fourth-order valence-corrected chi connectivity index (χ4v) is 3.41. The average molecular weight is 478 g/mol. The Hall–Kier alpha value is -4.64. The molecule has 0 unspecified atom stereocenters. The number of nitrogens with one attached hydrogen (secondary N) is 3. The summed E-state index contributed by atoms with van der Waals surface area (Å²) in [6.45, 7) is 0.521. The lowest BCUT2D eigenvalue weighted by molar-refractivity contribution is -0.384. The van der Waals surface area contributed by atoms with Crippen LogP contribution in [0.2, 0.25) is 0 Å². The number of benzene rings is 3. The Morgan fingerprint density at radius 2 is 1.86 bits per heavy atom. The second-order valence-electron chi connectivity index (χ2n) is 7.51. The number of non-ortho nitro benzene ring substituents is 1. The molecule has 0 aromatic heterocycles. The van der Waals surface area contributed by atoms with Gasteiger partial charge in [0.05, 0.1) is 29.8 Å². The third-order valence-electron chi connectivity index (χ3n) is 5.11. The van der Waals surface area contributed by atoms with E-state index >= 15 is 0 Å². The van der Waals surface area contributed by atoms with Crippen molar-refractivity contribution in [2.75, 3.05) is 31.1 Å². The van der Waals surface area contributed by atoms with E-state index in [0.29, 0.717) is 29.5 Å². The Balaban J connectivity index is 1.42. The molecule has 3 N–H and O–H groups in total. The first-order valence-electron chi connectivity index (χ1n) is 10.6. The molecule has 180 valence electrons. The van der Waals surface area contributed by atoms with Crippen molar-refractivity contribution in [1.82, 2.24) is 5.32 Å². The maximum atomic E-state index is 12.9. The molecule has 0 radical (unpaired) electrons. The summed E-state index contributed by atoms with van der Waals surface area (Å²) >= 11 is 0. The van der Waals surface area contributed by atoms with Crippen LogP contribution in [0.15, 0.2) is 60.7 Å². The van der Waals surface area contributed by atoms with Crippen molar-refractivity contribution >= 4 is 28.9 Å². The fourth-order valence-electron chi connectivity index (χ4n) is 3.41. The molecule has 2 amide bonds. The summed E-state index contributed by atoms with van der Waals surface area (Å²) in [7, 11) is 1.50. The summed E-state index contributed by atoms with van der Waals surface area (Å²) in [4.78, 5) is 36.1. The van der Waals surface area contributed by atoms with E-state index in [1.165, 1.54) is 19.2 Å². The Morgan fingerprint density at radius 1 is 1.03 bits per heavy atom. The van der Waals surface area contributed by atoms with Crippen LogP contribution in [0.5, 0.6) is 17.2 Å². The Bertz CT molecular complexity index is 1280. The lowest BCUT2D eigenvalue weighted by Gasteiger charge is -2.13. The Kier molecular flexibility index (Phi) is 7.07. The van der Waals surface area contributed by atoms with Crippen LogP contribution >= 0.6 is 0 Å². The number of methoxy groups -OCH3 is 1. The van der Waals surface area contributed by atoms with Gasteiger partial charge in [0.1, 0.15) is 5.75 Å². The summed E-state index contributed by atoms with van der Waals surface area (Å²) < 4.78 is 15.8. The zero-order chi connectivity index (χ0) is 24.8. The SMILES string of the molecule is COc1cccc(NC(=O)c2cc([N+](=O)[O-])ccc2NC(=O)CNCc2ccc3c(c2)OCO3)c1. The van der Waals surface area contributed by atoms with E-state index in [1.54, 1.807) is 30.3 Å². The van der Waals surface area contributed by atoms with E-state index < -0.39 is 16.7 Å². The molecular weight excluding hydrogens is 456 g/mol. The first-order chi connectivity index (χ1) is 16.9. The Morgan fingerprint density at radius 3 is 2.66 bits per heavy atom. The average Bonchev–Trinajstić information content (AvgIpc) is 3.32. The van der Waals surface area contributed by atoms with Gasteiger partial charge >= 0.3 is 0 Å². The highest BCUT2D eigenvalue weighted by Crippen LogP contribution is 2.32. The van der Waals surface area contributed by atoms with E-state index in [-0.39, 0.29) is 30.3 Å². The van der Waals surface area contributed by atoms with Gasteiger partial charge < -0.3 is 30.2 Å². The van der Waals surface area contributed by atoms with Crippen LogP contribution in [-0.2, 0) is 11.3 Å². The van der Waals surface area contributed by atoms with Crippen LogP contribution in [0, 0.1) is 10.1 Å². The van der Waals surface area contributed by atoms with Gasteiger partial charge in [0.15, 0.2) is 11.5 Å². The summed E-state index contributed by atoms with van der Waals surface area (Å²) in [6.07, 6.45) is 0. The maximum Gasteiger partial charge on any atom is 0.270 e. The molecule has 0 fully saturated rings. The molecule has 0 aliphatic carbocycles. The van der Waals surface area contributed by atoms with Crippen molar-refractivity contribution < 1.29 is 28.7 Å². The highest BCUT2D eigenvalue weighted by molar-refractivity contribution is 6.10. The van der Waals surface area contributed by atoms with Crippen molar-refractivity contribution in [3.05, 3.63) is 81.9 Å². The van der Waals surface area contributed by atoms with Gasteiger partial charge in [-0.15, -0.1) is 0 Å². The van der Waals surface area contributed by atoms with Crippen molar-refractivity contribution in [1.29, 1.82) is 0 Å². The summed E-state index contributed by atoms with van der Waals surface area (Å²) in [5.41, 5.74) is 1.15. The molecule has 11 nitrogen and oxygen atoms in total. The minimum atomic E-state index is -0.620. The molecule has 11 heteroatoms. The molecule has 1 aliphatic rings. The number of ether oxygens (including phenoxy) is 3. The first-order valence-corrected chi connectivity index (χ1v) is 10.6. The van der Waals surface area contributed by atoms with E-state index in [1.807, 2.05) is 12.1 Å². The standard InChI is InChI=1S/C24H22N4O7/c1-33-18-4-2-3-16(10-18)26-24(30)19-11-17(28(31)32)6-7-20(19)27-23(29)13-25-12-15-5-8-21-22(9-15)35-14-34-21/h2-11,25H,12-14H2,1H3,(H,26,30)(H,27,29). The van der Waals surface area contributed by atoms with Crippen molar-refractivity contribution in [3.8, 4) is 17.2 Å². The lowest BCUT2D eigenvalue weighted by atomic mass is 10.1. The fraction of sp³-hybridized carbons (Fsp3) is 0.167. The highest BCUT2D eigenvalue weighted by Gasteiger charge is 2.19. The van der Waals surface area contributed by atoms with E-state index in [0.717, 1.165) is 11.6 Å². The normalized spacial score (nSPS) is 11.6. The largest absolute Gasteiger partial charge is 0.497 e. The minimum absolute atomic E-state index is 0.0499. The molecule has 3 aromatic carbocycles. The second kappa shape index (κ2) is 10.5. The van der Waals surface area contributed by atoms with Gasteiger partial charge in [-0.25, -0.2) is 0 Å². The van der Waals surface area contributed by atoms with Crippen LogP contribution in [0.1, 0.15) is 15.9 Å². The van der Waals surface area contributed by atoms with Gasteiger partial charge in [0.2, 0.25) is 12.7 Å². The monoisotopic (exact) mass is 478 g/mol. The summed E-state index contributed by atoms with van der Waals surface area (Å²) in [5.74, 6) is 0.806. The van der Waals surface area contributed by atoms with Crippen LogP contribution in [0.25, 0.3) is 0 Å². The van der Waals surface area contributed by atoms with Crippen molar-refractivity contribution in [2.45, 2.75) is 6.54 Å². The molecule has 0 saturated carbocycles. The maximum absolute atomic E-state index is 12.9. The predicted octanol–water partition coefficient (Wildman–Crippen LogP) is 3.31. The molecule has 0 bridgehead atoms. The van der Waals surface area contributed by atoms with Crippen molar-refractivity contribution in [3.63, 3.8) is 0 Å². The van der Waals surface area contributed by atoms with E-state index in [4.69, 9.17) is 14.2 Å². The molecule has 1 heterocycles. The number of hydrogen-bond acceptors (Lipinski definition) is 8. The number of carbonyl (C=O) groups excluding carboxylic acids is 2. The van der Waals surface area contributed by atoms with Gasteiger partial charge in [-0.3, -0.25) is 19.7 Å². The molecule has 4 rings (SSSR count). The Labute approximate surface area is 200 Å². The number of nitrogens with zero attached hydrogens (tertiary/aromatic N) is 1. The smallest absolute Gasteiger partial charge is 0.270 e. The number of nitro benzene ring substituents is 1. The number of hydrogen-bond donors (Lipinski definition) is 3. The molecule has 0 atom stereocenters. The number of amides is 2. The quantitative estimate of drug-likeness (QED) is 0.314. The highest BCUT2D eigenvalue weighted by atomic mass is 16.7. The van der Waals surface area contributed by atoms with Crippen LogP contribution in [0.3, 0.4) is 0 Å². The number of carbonyl (C=O) groups is 2. The topological polar surface area (TPSA) is 141 Å². The third kappa shape index (κ3) is 5.84. The summed E-state index contributed by atoms with van der Waals surface area (Å²) in [6, 6.07) is 15.8. The third-order valence-corrected chi connectivity index (χ3v) is 5.11. The van der Waals surface area contributed by atoms with Crippen LogP contribution < -0.4 is 30.2 Å². The minimum Gasteiger partial charge on any atom is -0.497 e. The molecule has 0 saturated heterocycles. The van der Waals surface area contributed by atoms with Gasteiger partial charge in [-0.2, -0.15) is 0 Å². The molecule has 1 aliphatic heterocycles. The molecular formula is C24H22N4O7. The number of anilines is 2. The van der Waals surface area contributed by atoms with Gasteiger partial charge in [-0.05, 0) is 35.9 Å². The second-order valence-corrected chi connectivity index (χ2v) is 7.51. The van der Waals surface area contributed by atoms with Gasteiger partial charge in [0, 0.05) is 30.4 Å². The predicted molar refractivity (Wildman–Crippen MR) is 127 cm³/mol. The van der Waals surface area contributed by atoms with Crippen LogP contribution in [-0.4, -0.2) is 37.2 Å². The lowest BCUT2D eigenvalue weighted by Crippen LogP contribution is -2.28. The first kappa shape index (κ1) is 23.5.